The molecule has 1 fully saturated rings. The normalized spacial score (nSPS) is 14.6. The highest BCUT2D eigenvalue weighted by Crippen LogP contribution is 2.23. The summed E-state index contributed by atoms with van der Waals surface area (Å²) in [7, 11) is 0. The van der Waals surface area contributed by atoms with Gasteiger partial charge in [0, 0.05) is 30.2 Å². The highest BCUT2D eigenvalue weighted by atomic mass is 79.9. The number of halogens is 1. The molecule has 2 aromatic rings. The fourth-order valence-corrected chi connectivity index (χ4v) is 3.05. The summed E-state index contributed by atoms with van der Waals surface area (Å²) in [6.07, 6.45) is 2.48. The number of benzene rings is 1. The lowest BCUT2D eigenvalue weighted by Crippen LogP contribution is -2.38. The van der Waals surface area contributed by atoms with Crippen molar-refractivity contribution in [3.8, 4) is 11.6 Å². The summed E-state index contributed by atoms with van der Waals surface area (Å²) >= 11 is 3.40. The van der Waals surface area contributed by atoms with Gasteiger partial charge in [-0.1, -0.05) is 22.0 Å². The third-order valence-corrected chi connectivity index (χ3v) is 4.55. The number of ether oxygens (including phenoxy) is 2. The van der Waals surface area contributed by atoms with Crippen molar-refractivity contribution in [1.29, 1.82) is 0 Å². The summed E-state index contributed by atoms with van der Waals surface area (Å²) in [6.45, 7) is 5.11. The van der Waals surface area contributed by atoms with Crippen LogP contribution in [0.25, 0.3) is 0 Å². The molecule has 0 aliphatic carbocycles. The number of morpholine rings is 1. The number of anilines is 1. The molecule has 3 rings (SSSR count). The Balaban J connectivity index is 1.37. The molecule has 27 heavy (non-hydrogen) atoms. The molecule has 1 aromatic heterocycles. The van der Waals surface area contributed by atoms with E-state index >= 15 is 0 Å². The summed E-state index contributed by atoms with van der Waals surface area (Å²) in [4.78, 5) is 18.5. The zero-order valence-electron chi connectivity index (χ0n) is 15.0. The zero-order chi connectivity index (χ0) is 18.9. The molecule has 8 heteroatoms. The van der Waals surface area contributed by atoms with Crippen LogP contribution in [-0.4, -0.2) is 55.3 Å². The fraction of sp³-hybridized carbons (Fsp3) is 0.368. The van der Waals surface area contributed by atoms with Crippen molar-refractivity contribution in [2.24, 2.45) is 0 Å². The molecule has 0 unspecified atom stereocenters. The van der Waals surface area contributed by atoms with Crippen LogP contribution in [0.15, 0.2) is 47.1 Å². The van der Waals surface area contributed by atoms with Crippen molar-refractivity contribution in [1.82, 2.24) is 15.2 Å². The summed E-state index contributed by atoms with van der Waals surface area (Å²) in [5.74, 6) is 1.15. The number of pyridine rings is 1. The Labute approximate surface area is 167 Å². The number of hydrogen-bond acceptors (Lipinski definition) is 5. The number of aromatic nitrogens is 1. The number of rotatable bonds is 7. The number of hydrogen-bond donors (Lipinski definition) is 2. The first-order chi connectivity index (χ1) is 13.2. The molecule has 1 aliphatic heterocycles. The molecule has 0 atom stereocenters. The lowest BCUT2D eigenvalue weighted by Gasteiger charge is -2.26. The molecular formula is C19H23BrN4O3. The van der Waals surface area contributed by atoms with E-state index in [0.29, 0.717) is 23.9 Å². The van der Waals surface area contributed by atoms with Crippen LogP contribution in [0.5, 0.6) is 11.6 Å². The maximum absolute atomic E-state index is 12.0. The lowest BCUT2D eigenvalue weighted by molar-refractivity contribution is 0.0375. The summed E-state index contributed by atoms with van der Waals surface area (Å²) in [6, 6.07) is 10.8. The SMILES string of the molecule is O=C(NCCCN1CCOCC1)Nc1ccc(Oc2cccc(Br)c2)nc1. The second kappa shape index (κ2) is 10.2. The first kappa shape index (κ1) is 19.6. The van der Waals surface area contributed by atoms with Gasteiger partial charge in [0.05, 0.1) is 25.1 Å². The molecule has 7 nitrogen and oxygen atoms in total. The van der Waals surface area contributed by atoms with E-state index in [4.69, 9.17) is 9.47 Å². The van der Waals surface area contributed by atoms with Crippen molar-refractivity contribution in [2.75, 3.05) is 44.7 Å². The van der Waals surface area contributed by atoms with Crippen molar-refractivity contribution < 1.29 is 14.3 Å². The van der Waals surface area contributed by atoms with E-state index in [1.807, 2.05) is 24.3 Å². The zero-order valence-corrected chi connectivity index (χ0v) is 16.6. The number of carbonyl (C=O) groups excluding carboxylic acids is 1. The van der Waals surface area contributed by atoms with Gasteiger partial charge < -0.3 is 20.1 Å². The van der Waals surface area contributed by atoms with Crippen LogP contribution in [0.2, 0.25) is 0 Å². The Kier molecular flexibility index (Phi) is 7.44. The molecule has 0 radical (unpaired) electrons. The average Bonchev–Trinajstić information content (AvgIpc) is 2.68. The number of urea groups is 1. The van der Waals surface area contributed by atoms with E-state index in [0.717, 1.165) is 43.7 Å². The van der Waals surface area contributed by atoms with E-state index in [9.17, 15) is 4.79 Å². The summed E-state index contributed by atoms with van der Waals surface area (Å²) in [5.41, 5.74) is 0.613. The Morgan fingerprint density at radius 2 is 2.11 bits per heavy atom. The van der Waals surface area contributed by atoms with E-state index in [1.165, 1.54) is 0 Å². The maximum Gasteiger partial charge on any atom is 0.319 e. The third kappa shape index (κ3) is 6.82. The van der Waals surface area contributed by atoms with Gasteiger partial charge in [0.2, 0.25) is 5.88 Å². The highest BCUT2D eigenvalue weighted by molar-refractivity contribution is 9.10. The van der Waals surface area contributed by atoms with Gasteiger partial charge in [0.1, 0.15) is 5.75 Å². The van der Waals surface area contributed by atoms with Gasteiger partial charge >= 0.3 is 6.03 Å². The van der Waals surface area contributed by atoms with Gasteiger partial charge in [-0.2, -0.15) is 0 Å². The molecule has 0 spiro atoms. The molecule has 2 N–H and O–H groups in total. The van der Waals surface area contributed by atoms with Gasteiger partial charge in [-0.3, -0.25) is 4.90 Å². The van der Waals surface area contributed by atoms with Crippen LogP contribution >= 0.6 is 15.9 Å². The van der Waals surface area contributed by atoms with Crippen molar-refractivity contribution in [3.63, 3.8) is 0 Å². The van der Waals surface area contributed by atoms with Crippen molar-refractivity contribution in [3.05, 3.63) is 47.1 Å². The molecule has 1 saturated heterocycles. The Bertz CT molecular complexity index is 736. The predicted octanol–water partition coefficient (Wildman–Crippen LogP) is 3.48. The first-order valence-corrected chi connectivity index (χ1v) is 9.73. The van der Waals surface area contributed by atoms with Crippen LogP contribution in [0.4, 0.5) is 10.5 Å². The average molecular weight is 435 g/mol. The second-order valence-electron chi connectivity index (χ2n) is 6.13. The minimum absolute atomic E-state index is 0.237. The molecule has 0 bridgehead atoms. The molecule has 2 amide bonds. The molecule has 1 aromatic carbocycles. The monoisotopic (exact) mass is 434 g/mol. The van der Waals surface area contributed by atoms with Gasteiger partial charge in [0.25, 0.3) is 0 Å². The molecular weight excluding hydrogens is 412 g/mol. The lowest BCUT2D eigenvalue weighted by atomic mass is 10.3. The molecule has 1 aliphatic rings. The number of amides is 2. The van der Waals surface area contributed by atoms with Gasteiger partial charge in [0.15, 0.2) is 0 Å². The Morgan fingerprint density at radius 1 is 1.26 bits per heavy atom. The van der Waals surface area contributed by atoms with Crippen molar-refractivity contribution >= 4 is 27.6 Å². The Morgan fingerprint density at radius 3 is 2.85 bits per heavy atom. The molecule has 144 valence electrons. The van der Waals surface area contributed by atoms with Crippen LogP contribution in [0.1, 0.15) is 6.42 Å². The minimum Gasteiger partial charge on any atom is -0.439 e. The molecule has 2 heterocycles. The van der Waals surface area contributed by atoms with Crippen LogP contribution < -0.4 is 15.4 Å². The number of carbonyl (C=O) groups is 1. The smallest absolute Gasteiger partial charge is 0.319 e. The number of nitrogens with one attached hydrogen (secondary N) is 2. The van der Waals surface area contributed by atoms with E-state index in [-0.39, 0.29) is 6.03 Å². The van der Waals surface area contributed by atoms with Crippen LogP contribution in [0, 0.1) is 0 Å². The van der Waals surface area contributed by atoms with Gasteiger partial charge in [-0.15, -0.1) is 0 Å². The maximum atomic E-state index is 12.0. The third-order valence-electron chi connectivity index (χ3n) is 4.05. The largest absolute Gasteiger partial charge is 0.439 e. The predicted molar refractivity (Wildman–Crippen MR) is 107 cm³/mol. The second-order valence-corrected chi connectivity index (χ2v) is 7.05. The minimum atomic E-state index is -0.237. The van der Waals surface area contributed by atoms with Crippen LogP contribution in [-0.2, 0) is 4.74 Å². The van der Waals surface area contributed by atoms with Gasteiger partial charge in [-0.25, -0.2) is 9.78 Å². The number of nitrogens with zero attached hydrogens (tertiary/aromatic N) is 2. The van der Waals surface area contributed by atoms with Crippen LogP contribution in [0.3, 0.4) is 0 Å². The Hall–Kier alpha value is -2.16. The van der Waals surface area contributed by atoms with E-state index in [2.05, 4.69) is 36.4 Å². The van der Waals surface area contributed by atoms with E-state index < -0.39 is 0 Å². The fourth-order valence-electron chi connectivity index (χ4n) is 2.67. The van der Waals surface area contributed by atoms with Crippen molar-refractivity contribution in [2.45, 2.75) is 6.42 Å². The standard InChI is InChI=1S/C19H23BrN4O3/c20-15-3-1-4-17(13-15)27-18-6-5-16(14-22-18)23-19(25)21-7-2-8-24-9-11-26-12-10-24/h1,3-6,13-14H,2,7-12H2,(H2,21,23,25). The quantitative estimate of drug-likeness (QED) is 0.652. The molecule has 0 saturated carbocycles. The topological polar surface area (TPSA) is 75.7 Å². The van der Waals surface area contributed by atoms with Gasteiger partial charge in [-0.05, 0) is 37.2 Å². The van der Waals surface area contributed by atoms with E-state index in [1.54, 1.807) is 18.3 Å². The first-order valence-electron chi connectivity index (χ1n) is 8.93. The summed E-state index contributed by atoms with van der Waals surface area (Å²) in [5, 5.41) is 5.63. The highest BCUT2D eigenvalue weighted by Gasteiger charge is 2.09. The summed E-state index contributed by atoms with van der Waals surface area (Å²) < 4.78 is 11.9.